The van der Waals surface area contributed by atoms with Gasteiger partial charge in [0.2, 0.25) is 0 Å². The maximum atomic E-state index is 5.96. The zero-order valence-electron chi connectivity index (χ0n) is 9.02. The van der Waals surface area contributed by atoms with E-state index in [9.17, 15) is 0 Å². The Kier molecular flexibility index (Phi) is 2.98. The summed E-state index contributed by atoms with van der Waals surface area (Å²) in [7, 11) is 1.96. The lowest BCUT2D eigenvalue weighted by molar-refractivity contribution is 0.788. The molecule has 2 nitrogen and oxygen atoms in total. The van der Waals surface area contributed by atoms with Crippen LogP contribution in [-0.4, -0.2) is 12.0 Å². The van der Waals surface area contributed by atoms with Gasteiger partial charge >= 0.3 is 0 Å². The number of aromatic amines is 1. The lowest BCUT2D eigenvalue weighted by Crippen LogP contribution is -2.07. The van der Waals surface area contributed by atoms with Crippen LogP contribution in [0.2, 0.25) is 5.02 Å². The van der Waals surface area contributed by atoms with E-state index in [1.54, 1.807) is 0 Å². The van der Waals surface area contributed by atoms with Gasteiger partial charge in [-0.2, -0.15) is 0 Å². The van der Waals surface area contributed by atoms with Gasteiger partial charge < -0.3 is 10.3 Å². The Morgan fingerprint density at radius 1 is 1.40 bits per heavy atom. The fourth-order valence-corrected chi connectivity index (χ4v) is 2.19. The molecule has 1 aromatic heterocycles. The van der Waals surface area contributed by atoms with Crippen LogP contribution >= 0.6 is 11.6 Å². The summed E-state index contributed by atoms with van der Waals surface area (Å²) < 4.78 is 0. The molecule has 2 N–H and O–H groups in total. The number of rotatable bonds is 3. The number of hydrogen-bond donors (Lipinski definition) is 2. The van der Waals surface area contributed by atoms with E-state index >= 15 is 0 Å². The monoisotopic (exact) mass is 222 g/mol. The molecule has 0 amide bonds. The van der Waals surface area contributed by atoms with Gasteiger partial charge in [0.15, 0.2) is 0 Å². The second-order valence-corrected chi connectivity index (χ2v) is 4.09. The molecule has 0 atom stereocenters. The molecule has 2 rings (SSSR count). The maximum absolute atomic E-state index is 5.96. The van der Waals surface area contributed by atoms with E-state index < -0.39 is 0 Å². The van der Waals surface area contributed by atoms with E-state index in [4.69, 9.17) is 11.6 Å². The molecule has 0 radical (unpaired) electrons. The van der Waals surface area contributed by atoms with Crippen molar-refractivity contribution in [2.45, 2.75) is 19.9 Å². The first kappa shape index (κ1) is 10.5. The molecule has 0 aliphatic rings. The summed E-state index contributed by atoms with van der Waals surface area (Å²) in [6, 6.07) is 6.02. The van der Waals surface area contributed by atoms with Crippen LogP contribution < -0.4 is 5.32 Å². The predicted octanol–water partition coefficient (Wildman–Crippen LogP) is 3.10. The first-order chi connectivity index (χ1) is 7.26. The van der Waals surface area contributed by atoms with E-state index in [2.05, 4.69) is 23.3 Å². The molecular weight excluding hydrogens is 208 g/mol. The van der Waals surface area contributed by atoms with Crippen LogP contribution in [0.4, 0.5) is 0 Å². The quantitative estimate of drug-likeness (QED) is 0.821. The summed E-state index contributed by atoms with van der Waals surface area (Å²) in [5.74, 6) is 0. The highest BCUT2D eigenvalue weighted by Crippen LogP contribution is 2.25. The van der Waals surface area contributed by atoms with Crippen molar-refractivity contribution < 1.29 is 0 Å². The van der Waals surface area contributed by atoms with Crippen LogP contribution in [0.15, 0.2) is 18.2 Å². The molecule has 0 unspecified atom stereocenters. The largest absolute Gasteiger partial charge is 0.357 e. The normalized spacial score (nSPS) is 11.1. The standard InChI is InChI=1S/C12H15ClN2/c1-3-9-10-5-4-8(13)6-11(10)15-12(9)7-14-2/h4-6,14-15H,3,7H2,1-2H3. The third-order valence-electron chi connectivity index (χ3n) is 2.66. The Morgan fingerprint density at radius 3 is 2.87 bits per heavy atom. The number of aromatic nitrogens is 1. The van der Waals surface area contributed by atoms with Gasteiger partial charge in [0.1, 0.15) is 0 Å². The smallest absolute Gasteiger partial charge is 0.0474 e. The molecule has 0 aliphatic carbocycles. The molecule has 2 aromatic rings. The predicted molar refractivity (Wildman–Crippen MR) is 65.5 cm³/mol. The Morgan fingerprint density at radius 2 is 2.20 bits per heavy atom. The summed E-state index contributed by atoms with van der Waals surface area (Å²) in [5, 5.41) is 5.23. The summed E-state index contributed by atoms with van der Waals surface area (Å²) in [4.78, 5) is 3.41. The first-order valence-corrected chi connectivity index (χ1v) is 5.57. The molecule has 3 heteroatoms. The molecular formula is C12H15ClN2. The van der Waals surface area contributed by atoms with Crippen LogP contribution in [0.5, 0.6) is 0 Å². The highest BCUT2D eigenvalue weighted by Gasteiger charge is 2.08. The molecule has 0 fully saturated rings. The lowest BCUT2D eigenvalue weighted by Gasteiger charge is -2.00. The SMILES string of the molecule is CCc1c(CNC)[nH]c2cc(Cl)ccc12. The number of fused-ring (bicyclic) bond motifs is 1. The summed E-state index contributed by atoms with van der Waals surface area (Å²) in [6.07, 6.45) is 1.04. The minimum absolute atomic E-state index is 0.780. The van der Waals surface area contributed by atoms with E-state index in [1.807, 2.05) is 19.2 Å². The molecule has 15 heavy (non-hydrogen) atoms. The summed E-state index contributed by atoms with van der Waals surface area (Å²) >= 11 is 5.96. The second-order valence-electron chi connectivity index (χ2n) is 3.66. The summed E-state index contributed by atoms with van der Waals surface area (Å²) in [5.41, 5.74) is 3.78. The van der Waals surface area contributed by atoms with E-state index in [0.717, 1.165) is 23.5 Å². The number of nitrogens with one attached hydrogen (secondary N) is 2. The number of benzene rings is 1. The Hall–Kier alpha value is -0.990. The zero-order chi connectivity index (χ0) is 10.8. The fourth-order valence-electron chi connectivity index (χ4n) is 2.02. The molecule has 0 bridgehead atoms. The minimum atomic E-state index is 0.780. The topological polar surface area (TPSA) is 27.8 Å². The van der Waals surface area contributed by atoms with Crippen LogP contribution in [0, 0.1) is 0 Å². The van der Waals surface area contributed by atoms with Crippen molar-refractivity contribution in [1.29, 1.82) is 0 Å². The van der Waals surface area contributed by atoms with Gasteiger partial charge in [-0.3, -0.25) is 0 Å². The Labute approximate surface area is 94.6 Å². The van der Waals surface area contributed by atoms with Crippen molar-refractivity contribution in [3.63, 3.8) is 0 Å². The average Bonchev–Trinajstić information content (AvgIpc) is 2.54. The van der Waals surface area contributed by atoms with Gasteiger partial charge in [0.05, 0.1) is 0 Å². The minimum Gasteiger partial charge on any atom is -0.357 e. The van der Waals surface area contributed by atoms with E-state index in [1.165, 1.54) is 16.6 Å². The highest BCUT2D eigenvalue weighted by molar-refractivity contribution is 6.31. The molecule has 0 spiro atoms. The van der Waals surface area contributed by atoms with Gasteiger partial charge in [-0.25, -0.2) is 0 Å². The molecule has 1 heterocycles. The second kappa shape index (κ2) is 4.25. The van der Waals surface area contributed by atoms with Crippen LogP contribution in [0.3, 0.4) is 0 Å². The zero-order valence-corrected chi connectivity index (χ0v) is 9.78. The van der Waals surface area contributed by atoms with Crippen molar-refractivity contribution in [2.75, 3.05) is 7.05 Å². The number of halogens is 1. The van der Waals surface area contributed by atoms with E-state index in [-0.39, 0.29) is 0 Å². The van der Waals surface area contributed by atoms with Crippen molar-refractivity contribution in [3.05, 3.63) is 34.5 Å². The van der Waals surface area contributed by atoms with Crippen LogP contribution in [0.1, 0.15) is 18.2 Å². The summed E-state index contributed by atoms with van der Waals surface area (Å²) in [6.45, 7) is 3.05. The first-order valence-electron chi connectivity index (χ1n) is 5.19. The van der Waals surface area contributed by atoms with Crippen LogP contribution in [-0.2, 0) is 13.0 Å². The van der Waals surface area contributed by atoms with Crippen molar-refractivity contribution in [1.82, 2.24) is 10.3 Å². The third-order valence-corrected chi connectivity index (χ3v) is 2.90. The Balaban J connectivity index is 2.62. The maximum Gasteiger partial charge on any atom is 0.0474 e. The fraction of sp³-hybridized carbons (Fsp3) is 0.333. The molecule has 0 aliphatic heterocycles. The highest BCUT2D eigenvalue weighted by atomic mass is 35.5. The third kappa shape index (κ3) is 1.87. The molecule has 80 valence electrons. The van der Waals surface area contributed by atoms with Crippen molar-refractivity contribution in [3.8, 4) is 0 Å². The Bertz CT molecular complexity index is 474. The van der Waals surface area contributed by atoms with Gasteiger partial charge in [-0.15, -0.1) is 0 Å². The lowest BCUT2D eigenvalue weighted by atomic mass is 10.1. The average molecular weight is 223 g/mol. The number of hydrogen-bond acceptors (Lipinski definition) is 1. The van der Waals surface area contributed by atoms with Gasteiger partial charge in [-0.1, -0.05) is 24.6 Å². The van der Waals surface area contributed by atoms with Crippen LogP contribution in [0.25, 0.3) is 10.9 Å². The van der Waals surface area contributed by atoms with Crippen molar-refractivity contribution in [2.24, 2.45) is 0 Å². The van der Waals surface area contributed by atoms with E-state index in [0.29, 0.717) is 0 Å². The van der Waals surface area contributed by atoms with Crippen molar-refractivity contribution >= 4 is 22.5 Å². The van der Waals surface area contributed by atoms with Gasteiger partial charge in [0.25, 0.3) is 0 Å². The molecule has 0 saturated carbocycles. The number of aryl methyl sites for hydroxylation is 1. The molecule has 1 aromatic carbocycles. The number of H-pyrrole nitrogens is 1. The van der Waals surface area contributed by atoms with Gasteiger partial charge in [-0.05, 0) is 31.2 Å². The molecule has 0 saturated heterocycles. The van der Waals surface area contributed by atoms with Gasteiger partial charge in [0, 0.05) is 28.2 Å².